The number of phenols is 3. The minimum atomic E-state index is -1.09. The minimum absolute atomic E-state index is 0. The number of benzene rings is 1. The van der Waals surface area contributed by atoms with Gasteiger partial charge in [0, 0.05) is 11.6 Å². The van der Waals surface area contributed by atoms with Gasteiger partial charge in [0.15, 0.2) is 11.5 Å². The summed E-state index contributed by atoms with van der Waals surface area (Å²) in [7, 11) is 1.24. The summed E-state index contributed by atoms with van der Waals surface area (Å²) >= 11 is 0. The first-order chi connectivity index (χ1) is 8.23. The van der Waals surface area contributed by atoms with Crippen LogP contribution in [0.3, 0.4) is 0 Å². The number of hydrogen-bond acceptors (Lipinski definition) is 6. The normalized spacial score (nSPS) is 12.4. The van der Waals surface area contributed by atoms with E-state index in [9.17, 15) is 20.1 Å². The summed E-state index contributed by atoms with van der Waals surface area (Å²) in [5.74, 6) is -2.20. The quantitative estimate of drug-likeness (QED) is 0.495. The van der Waals surface area contributed by atoms with Crippen molar-refractivity contribution < 1.29 is 24.9 Å². The van der Waals surface area contributed by atoms with E-state index in [4.69, 9.17) is 5.73 Å². The summed E-state index contributed by atoms with van der Waals surface area (Å²) < 4.78 is 4.64. The SMILES string of the molecule is COC(=O)C(C)(C)[C@H](N)c1ccc(O)c(O)c1O.Cl. The maximum Gasteiger partial charge on any atom is 0.313 e. The molecule has 108 valence electrons. The molecule has 0 saturated carbocycles. The van der Waals surface area contributed by atoms with E-state index in [-0.39, 0.29) is 18.0 Å². The van der Waals surface area contributed by atoms with Gasteiger partial charge in [-0.15, -0.1) is 12.4 Å². The van der Waals surface area contributed by atoms with Crippen LogP contribution < -0.4 is 5.73 Å². The number of halogens is 1. The van der Waals surface area contributed by atoms with Crippen LogP contribution in [0.2, 0.25) is 0 Å². The molecule has 0 fully saturated rings. The fourth-order valence-electron chi connectivity index (χ4n) is 1.61. The van der Waals surface area contributed by atoms with Crippen molar-refractivity contribution in [3.63, 3.8) is 0 Å². The Morgan fingerprint density at radius 2 is 1.79 bits per heavy atom. The third-order valence-corrected chi connectivity index (χ3v) is 2.99. The van der Waals surface area contributed by atoms with Crippen LogP contribution in [-0.2, 0) is 9.53 Å². The Balaban J connectivity index is 0.00000324. The molecule has 0 aliphatic heterocycles. The number of phenolic OH excluding ortho intramolecular Hbond substituents is 3. The molecule has 0 aromatic heterocycles. The molecule has 1 aromatic carbocycles. The number of ether oxygens (including phenoxy) is 1. The third kappa shape index (κ3) is 3.02. The van der Waals surface area contributed by atoms with E-state index in [0.717, 1.165) is 0 Å². The highest BCUT2D eigenvalue weighted by atomic mass is 35.5. The molecule has 0 spiro atoms. The van der Waals surface area contributed by atoms with E-state index >= 15 is 0 Å². The number of esters is 1. The van der Waals surface area contributed by atoms with Crippen molar-refractivity contribution in [1.29, 1.82) is 0 Å². The number of carbonyl (C=O) groups excluding carboxylic acids is 1. The van der Waals surface area contributed by atoms with Crippen LogP contribution in [0.5, 0.6) is 17.2 Å². The van der Waals surface area contributed by atoms with E-state index in [1.807, 2.05) is 0 Å². The molecule has 0 aliphatic carbocycles. The van der Waals surface area contributed by atoms with E-state index in [0.29, 0.717) is 0 Å². The Kier molecular flexibility index (Phi) is 5.46. The van der Waals surface area contributed by atoms with Crippen molar-refractivity contribution >= 4 is 18.4 Å². The molecule has 0 aliphatic rings. The molecule has 0 radical (unpaired) electrons. The smallest absolute Gasteiger partial charge is 0.313 e. The zero-order chi connectivity index (χ0) is 14.1. The molecule has 0 bridgehead atoms. The number of hydrogen-bond donors (Lipinski definition) is 4. The lowest BCUT2D eigenvalue weighted by Gasteiger charge is -2.29. The number of carbonyl (C=O) groups is 1. The molecule has 1 atom stereocenters. The Labute approximate surface area is 117 Å². The van der Waals surface area contributed by atoms with Crippen LogP contribution in [0.4, 0.5) is 0 Å². The maximum absolute atomic E-state index is 11.6. The maximum atomic E-state index is 11.6. The number of nitrogens with two attached hydrogens (primary N) is 1. The molecule has 5 N–H and O–H groups in total. The summed E-state index contributed by atoms with van der Waals surface area (Å²) in [6, 6.07) is 1.65. The lowest BCUT2D eigenvalue weighted by Crippen LogP contribution is -2.37. The van der Waals surface area contributed by atoms with E-state index in [2.05, 4.69) is 4.74 Å². The van der Waals surface area contributed by atoms with Gasteiger partial charge in [-0.1, -0.05) is 0 Å². The van der Waals surface area contributed by atoms with Gasteiger partial charge >= 0.3 is 5.97 Å². The molecule has 6 nitrogen and oxygen atoms in total. The Bertz CT molecular complexity index is 475. The van der Waals surface area contributed by atoms with Gasteiger partial charge in [0.2, 0.25) is 5.75 Å². The zero-order valence-electron chi connectivity index (χ0n) is 10.9. The van der Waals surface area contributed by atoms with Crippen LogP contribution in [0.15, 0.2) is 12.1 Å². The number of rotatable bonds is 3. The second-order valence-electron chi connectivity index (χ2n) is 4.56. The summed E-state index contributed by atoms with van der Waals surface area (Å²) in [5, 5.41) is 28.4. The predicted molar refractivity (Wildman–Crippen MR) is 71.4 cm³/mol. The first kappa shape index (κ1) is 17.3. The van der Waals surface area contributed by atoms with Crippen molar-refractivity contribution in [1.82, 2.24) is 0 Å². The molecule has 7 heteroatoms. The fourth-order valence-corrected chi connectivity index (χ4v) is 1.61. The number of methoxy groups -OCH3 is 1. The van der Waals surface area contributed by atoms with Gasteiger partial charge in [-0.25, -0.2) is 0 Å². The van der Waals surface area contributed by atoms with Gasteiger partial charge in [-0.2, -0.15) is 0 Å². The first-order valence-electron chi connectivity index (χ1n) is 5.31. The Morgan fingerprint density at radius 3 is 2.26 bits per heavy atom. The van der Waals surface area contributed by atoms with Gasteiger partial charge in [-0.3, -0.25) is 4.79 Å². The Morgan fingerprint density at radius 1 is 1.26 bits per heavy atom. The monoisotopic (exact) mass is 291 g/mol. The second kappa shape index (κ2) is 5.99. The highest BCUT2D eigenvalue weighted by Gasteiger charge is 2.38. The van der Waals surface area contributed by atoms with Crippen LogP contribution >= 0.6 is 12.4 Å². The van der Waals surface area contributed by atoms with Gasteiger partial charge in [-0.05, 0) is 26.0 Å². The highest BCUT2D eigenvalue weighted by Crippen LogP contribution is 2.43. The van der Waals surface area contributed by atoms with E-state index in [1.54, 1.807) is 13.8 Å². The van der Waals surface area contributed by atoms with Crippen LogP contribution in [0.1, 0.15) is 25.5 Å². The van der Waals surface area contributed by atoms with Crippen LogP contribution in [0, 0.1) is 5.41 Å². The fraction of sp³-hybridized carbons (Fsp3) is 0.417. The van der Waals surface area contributed by atoms with E-state index in [1.165, 1.54) is 19.2 Å². The molecular weight excluding hydrogens is 274 g/mol. The second-order valence-corrected chi connectivity index (χ2v) is 4.56. The van der Waals surface area contributed by atoms with E-state index < -0.39 is 34.7 Å². The summed E-state index contributed by atoms with van der Waals surface area (Å²) in [4.78, 5) is 11.6. The molecule has 0 amide bonds. The largest absolute Gasteiger partial charge is 0.504 e. The van der Waals surface area contributed by atoms with Crippen molar-refractivity contribution in [3.8, 4) is 17.2 Å². The molecular formula is C12H18ClNO5. The highest BCUT2D eigenvalue weighted by molar-refractivity contribution is 5.85. The Hall–Kier alpha value is -1.66. The topological polar surface area (TPSA) is 113 Å². The van der Waals surface area contributed by atoms with Crippen molar-refractivity contribution in [2.24, 2.45) is 11.1 Å². The van der Waals surface area contributed by atoms with Gasteiger partial charge in [0.05, 0.1) is 12.5 Å². The summed E-state index contributed by atoms with van der Waals surface area (Å²) in [5.41, 5.74) is 4.98. The number of aromatic hydroxyl groups is 3. The first-order valence-corrected chi connectivity index (χ1v) is 5.31. The lowest BCUT2D eigenvalue weighted by atomic mass is 9.80. The zero-order valence-corrected chi connectivity index (χ0v) is 11.7. The van der Waals surface area contributed by atoms with Crippen LogP contribution in [0.25, 0.3) is 0 Å². The lowest BCUT2D eigenvalue weighted by molar-refractivity contribution is -0.152. The molecule has 0 saturated heterocycles. The summed E-state index contributed by atoms with van der Waals surface area (Å²) in [6.07, 6.45) is 0. The summed E-state index contributed by atoms with van der Waals surface area (Å²) in [6.45, 7) is 3.12. The van der Waals surface area contributed by atoms with Crippen molar-refractivity contribution in [2.45, 2.75) is 19.9 Å². The molecule has 1 aromatic rings. The standard InChI is InChI=1S/C12H17NO5.ClH/c1-12(2,11(17)18-3)10(13)6-4-5-7(14)9(16)8(6)15;/h4-5,10,14-16H,13H2,1-3H3;1H/t10-;/m1./s1. The van der Waals surface area contributed by atoms with Crippen molar-refractivity contribution in [2.75, 3.05) is 7.11 Å². The average molecular weight is 292 g/mol. The molecule has 1 rings (SSSR count). The predicted octanol–water partition coefficient (Wildman–Crippen LogP) is 1.42. The van der Waals surface area contributed by atoms with Crippen LogP contribution in [-0.4, -0.2) is 28.4 Å². The third-order valence-electron chi connectivity index (χ3n) is 2.99. The van der Waals surface area contributed by atoms with Crippen molar-refractivity contribution in [3.05, 3.63) is 17.7 Å². The molecule has 0 unspecified atom stereocenters. The van der Waals surface area contributed by atoms with Gasteiger partial charge in [0.25, 0.3) is 0 Å². The van der Waals surface area contributed by atoms with Gasteiger partial charge in [0.1, 0.15) is 0 Å². The molecule has 0 heterocycles. The van der Waals surface area contributed by atoms with Gasteiger partial charge < -0.3 is 25.8 Å². The molecule has 19 heavy (non-hydrogen) atoms. The minimum Gasteiger partial charge on any atom is -0.504 e. The average Bonchev–Trinajstić information content (AvgIpc) is 2.34.